The minimum Gasteiger partial charge on any atom is -0.477 e. The van der Waals surface area contributed by atoms with E-state index < -0.39 is 17.2 Å². The number of anilines is 1. The molecule has 28 heavy (non-hydrogen) atoms. The van der Waals surface area contributed by atoms with E-state index in [1.165, 1.54) is 12.3 Å². The fraction of sp³-hybridized carbons (Fsp3) is 0.524. The highest BCUT2D eigenvalue weighted by Crippen LogP contribution is 2.43. The first-order valence-corrected chi connectivity index (χ1v) is 9.62. The van der Waals surface area contributed by atoms with Gasteiger partial charge in [0.25, 0.3) is 0 Å². The lowest BCUT2D eigenvalue weighted by molar-refractivity contribution is 0.0694. The number of carbonyl (C=O) groups is 1. The number of aliphatic hydroxyl groups is 1. The number of aryl methyl sites for hydroxylation is 1. The molecule has 1 saturated heterocycles. The molecule has 1 aromatic heterocycles. The predicted molar refractivity (Wildman–Crippen MR) is 105 cm³/mol. The van der Waals surface area contributed by atoms with Gasteiger partial charge in [-0.25, -0.2) is 9.18 Å². The van der Waals surface area contributed by atoms with E-state index in [1.807, 2.05) is 9.47 Å². The van der Waals surface area contributed by atoms with Crippen molar-refractivity contribution in [1.82, 2.24) is 4.57 Å². The summed E-state index contributed by atoms with van der Waals surface area (Å²) in [6, 6.07) is 1.32. The van der Waals surface area contributed by atoms with Gasteiger partial charge < -0.3 is 19.7 Å². The van der Waals surface area contributed by atoms with E-state index in [9.17, 15) is 19.8 Å². The Morgan fingerprint density at radius 3 is 2.57 bits per heavy atom. The average molecular weight is 388 g/mol. The molecule has 6 nitrogen and oxygen atoms in total. The van der Waals surface area contributed by atoms with Crippen molar-refractivity contribution in [2.45, 2.75) is 39.7 Å². The molecule has 0 radical (unpaired) electrons. The molecular weight excluding hydrogens is 363 g/mol. The van der Waals surface area contributed by atoms with Gasteiger partial charge in [0, 0.05) is 43.2 Å². The maximum atomic E-state index is 15.2. The molecule has 150 valence electrons. The van der Waals surface area contributed by atoms with Gasteiger partial charge in [0.2, 0.25) is 5.43 Å². The number of pyridine rings is 1. The third kappa shape index (κ3) is 2.80. The Bertz CT molecular complexity index is 1040. The van der Waals surface area contributed by atoms with Crippen LogP contribution in [0.1, 0.15) is 48.7 Å². The van der Waals surface area contributed by atoms with Gasteiger partial charge in [-0.2, -0.15) is 0 Å². The van der Waals surface area contributed by atoms with Crippen molar-refractivity contribution in [1.29, 1.82) is 0 Å². The summed E-state index contributed by atoms with van der Waals surface area (Å²) in [5.41, 5.74) is 0.556. The standard InChI is InChI=1S/C21H25FN2O4/c1-11-17-14(19(26)15(20(27)28)8-24(17)13-4-5-13)6-16(22)18(11)23-7-12(9-25)21(2,3)10-23/h6,8,12-13,25H,4-5,7,9-10H2,1-3H3,(H,27,28). The predicted octanol–water partition coefficient (Wildman–Crippen LogP) is 2.94. The highest BCUT2D eigenvalue weighted by Gasteiger charge is 2.40. The fourth-order valence-electron chi connectivity index (χ4n) is 4.53. The Kier molecular flexibility index (Phi) is 4.26. The largest absolute Gasteiger partial charge is 0.477 e. The second-order valence-corrected chi connectivity index (χ2v) is 8.79. The van der Waals surface area contributed by atoms with Gasteiger partial charge in [0.05, 0.1) is 11.2 Å². The molecule has 4 rings (SSSR count). The summed E-state index contributed by atoms with van der Waals surface area (Å²) < 4.78 is 17.0. The second kappa shape index (κ2) is 6.30. The van der Waals surface area contributed by atoms with E-state index >= 15 is 4.39 Å². The lowest BCUT2D eigenvalue weighted by atomic mass is 9.83. The summed E-state index contributed by atoms with van der Waals surface area (Å²) in [5, 5.41) is 19.2. The smallest absolute Gasteiger partial charge is 0.341 e. The number of rotatable bonds is 4. The van der Waals surface area contributed by atoms with E-state index in [0.717, 1.165) is 12.8 Å². The Morgan fingerprint density at radius 1 is 1.36 bits per heavy atom. The zero-order valence-corrected chi connectivity index (χ0v) is 16.3. The van der Waals surface area contributed by atoms with Gasteiger partial charge in [-0.05, 0) is 36.8 Å². The summed E-state index contributed by atoms with van der Waals surface area (Å²) in [6.07, 6.45) is 3.23. The Morgan fingerprint density at radius 2 is 2.04 bits per heavy atom. The lowest BCUT2D eigenvalue weighted by Crippen LogP contribution is -2.26. The molecule has 1 aliphatic heterocycles. The van der Waals surface area contributed by atoms with Crippen molar-refractivity contribution in [2.75, 3.05) is 24.6 Å². The number of aromatic carboxylic acids is 1. The maximum Gasteiger partial charge on any atom is 0.341 e. The molecule has 2 fully saturated rings. The number of hydrogen-bond acceptors (Lipinski definition) is 4. The highest BCUT2D eigenvalue weighted by atomic mass is 19.1. The monoisotopic (exact) mass is 388 g/mol. The van der Waals surface area contributed by atoms with Crippen LogP contribution in [0.25, 0.3) is 10.9 Å². The van der Waals surface area contributed by atoms with Crippen molar-refractivity contribution < 1.29 is 19.4 Å². The zero-order chi connectivity index (χ0) is 20.4. The van der Waals surface area contributed by atoms with Crippen LogP contribution in [0.4, 0.5) is 10.1 Å². The topological polar surface area (TPSA) is 82.8 Å². The number of carboxylic acids is 1. The molecule has 1 saturated carbocycles. The van der Waals surface area contributed by atoms with Gasteiger partial charge in [-0.15, -0.1) is 0 Å². The summed E-state index contributed by atoms with van der Waals surface area (Å²) in [5.74, 6) is -1.79. The fourth-order valence-corrected chi connectivity index (χ4v) is 4.53. The first-order chi connectivity index (χ1) is 13.2. The summed E-state index contributed by atoms with van der Waals surface area (Å²) in [6.45, 7) is 7.07. The van der Waals surface area contributed by atoms with Crippen LogP contribution in [0.2, 0.25) is 0 Å². The van der Waals surface area contributed by atoms with Crippen LogP contribution in [0.3, 0.4) is 0 Å². The molecule has 1 aliphatic carbocycles. The van der Waals surface area contributed by atoms with Gasteiger partial charge in [-0.1, -0.05) is 13.8 Å². The van der Waals surface area contributed by atoms with Crippen molar-refractivity contribution in [3.63, 3.8) is 0 Å². The SMILES string of the molecule is Cc1c(N2CC(CO)C(C)(C)C2)c(F)cc2c(=O)c(C(=O)O)cn(C3CC3)c12. The molecule has 2 aliphatic rings. The normalized spacial score (nSPS) is 21.5. The number of aromatic nitrogens is 1. The van der Waals surface area contributed by atoms with E-state index in [0.29, 0.717) is 29.9 Å². The van der Waals surface area contributed by atoms with Crippen LogP contribution in [0.5, 0.6) is 0 Å². The Labute approximate surface area is 162 Å². The quantitative estimate of drug-likeness (QED) is 0.842. The van der Waals surface area contributed by atoms with Gasteiger partial charge in [0.1, 0.15) is 11.4 Å². The second-order valence-electron chi connectivity index (χ2n) is 8.79. The number of halogens is 1. The van der Waals surface area contributed by atoms with Crippen LogP contribution in [-0.2, 0) is 0 Å². The van der Waals surface area contributed by atoms with E-state index in [4.69, 9.17) is 0 Å². The molecule has 0 bridgehead atoms. The Hall–Kier alpha value is -2.41. The number of nitrogens with zero attached hydrogens (tertiary/aromatic N) is 2. The van der Waals surface area contributed by atoms with Crippen molar-refractivity contribution in [2.24, 2.45) is 11.3 Å². The minimum atomic E-state index is -1.30. The number of carboxylic acid groups (broad SMARTS) is 1. The Balaban J connectivity index is 1.96. The minimum absolute atomic E-state index is 0.0296. The molecule has 1 aromatic carbocycles. The number of benzene rings is 1. The number of hydrogen-bond donors (Lipinski definition) is 2. The van der Waals surface area contributed by atoms with Gasteiger partial charge >= 0.3 is 5.97 Å². The molecule has 2 aromatic rings. The summed E-state index contributed by atoms with van der Waals surface area (Å²) >= 11 is 0. The average Bonchev–Trinajstić information content (AvgIpc) is 3.39. The van der Waals surface area contributed by atoms with Gasteiger partial charge in [0.15, 0.2) is 0 Å². The van der Waals surface area contributed by atoms with E-state index in [1.54, 1.807) is 6.92 Å². The van der Waals surface area contributed by atoms with E-state index in [-0.39, 0.29) is 34.9 Å². The summed E-state index contributed by atoms with van der Waals surface area (Å²) in [4.78, 5) is 26.1. The lowest BCUT2D eigenvalue weighted by Gasteiger charge is -2.26. The molecule has 1 atom stereocenters. The molecule has 1 unspecified atom stereocenters. The third-order valence-electron chi connectivity index (χ3n) is 6.33. The van der Waals surface area contributed by atoms with Crippen molar-refractivity contribution in [3.05, 3.63) is 39.4 Å². The van der Waals surface area contributed by atoms with Crippen LogP contribution < -0.4 is 10.3 Å². The van der Waals surface area contributed by atoms with Crippen LogP contribution in [0.15, 0.2) is 17.1 Å². The molecule has 0 amide bonds. The number of fused-ring (bicyclic) bond motifs is 1. The van der Waals surface area contributed by atoms with Crippen LogP contribution in [0, 0.1) is 24.1 Å². The first kappa shape index (κ1) is 18.9. The van der Waals surface area contributed by atoms with Crippen LogP contribution >= 0.6 is 0 Å². The number of aliphatic hydroxyl groups excluding tert-OH is 1. The molecule has 0 spiro atoms. The van der Waals surface area contributed by atoms with Crippen molar-refractivity contribution >= 4 is 22.6 Å². The maximum absolute atomic E-state index is 15.2. The molecular formula is C21H25FN2O4. The third-order valence-corrected chi connectivity index (χ3v) is 6.33. The first-order valence-electron chi connectivity index (χ1n) is 9.62. The molecule has 7 heteroatoms. The van der Waals surface area contributed by atoms with Crippen molar-refractivity contribution in [3.8, 4) is 0 Å². The molecule has 2 N–H and O–H groups in total. The van der Waals surface area contributed by atoms with E-state index in [2.05, 4.69) is 13.8 Å². The summed E-state index contributed by atoms with van der Waals surface area (Å²) in [7, 11) is 0. The highest BCUT2D eigenvalue weighted by molar-refractivity contribution is 5.95. The molecule has 2 heterocycles. The zero-order valence-electron chi connectivity index (χ0n) is 16.3. The van der Waals surface area contributed by atoms with Crippen LogP contribution in [-0.4, -0.2) is 40.4 Å². The van der Waals surface area contributed by atoms with Gasteiger partial charge in [-0.3, -0.25) is 4.79 Å².